The van der Waals surface area contributed by atoms with Gasteiger partial charge in [-0.3, -0.25) is 0 Å². The van der Waals surface area contributed by atoms with Crippen LogP contribution in [0, 0.1) is 0 Å². The highest BCUT2D eigenvalue weighted by Gasteiger charge is 2.14. The lowest BCUT2D eigenvalue weighted by Gasteiger charge is -2.08. The zero-order valence-electron chi connectivity index (χ0n) is 14.9. The van der Waals surface area contributed by atoms with Crippen molar-refractivity contribution in [3.63, 3.8) is 0 Å². The molecule has 0 unspecified atom stereocenters. The molecule has 0 aliphatic carbocycles. The van der Waals surface area contributed by atoms with Crippen molar-refractivity contribution in [2.24, 2.45) is 10.2 Å². The SMILES string of the molecule is COc1ccccc1N=Nc1cnn(-c2ccccc2)c1-c1ccccc1. The van der Waals surface area contributed by atoms with E-state index in [0.717, 1.165) is 16.9 Å². The molecule has 0 aliphatic heterocycles. The van der Waals surface area contributed by atoms with Gasteiger partial charge in [0.1, 0.15) is 22.8 Å². The molecule has 1 aromatic heterocycles. The lowest BCUT2D eigenvalue weighted by atomic mass is 10.1. The van der Waals surface area contributed by atoms with Crippen molar-refractivity contribution in [1.29, 1.82) is 0 Å². The molecule has 0 spiro atoms. The van der Waals surface area contributed by atoms with E-state index in [4.69, 9.17) is 4.74 Å². The van der Waals surface area contributed by atoms with Gasteiger partial charge in [0.05, 0.1) is 19.0 Å². The van der Waals surface area contributed by atoms with E-state index < -0.39 is 0 Å². The third-order valence-electron chi connectivity index (χ3n) is 4.15. The number of hydrogen-bond acceptors (Lipinski definition) is 4. The van der Waals surface area contributed by atoms with Crippen molar-refractivity contribution in [3.05, 3.63) is 91.1 Å². The fraction of sp³-hybridized carbons (Fsp3) is 0.0455. The third-order valence-corrected chi connectivity index (χ3v) is 4.15. The van der Waals surface area contributed by atoms with Crippen LogP contribution in [0.4, 0.5) is 11.4 Å². The minimum atomic E-state index is 0.673. The highest BCUT2D eigenvalue weighted by molar-refractivity contribution is 5.73. The summed E-state index contributed by atoms with van der Waals surface area (Å²) >= 11 is 0. The Hall–Kier alpha value is -3.73. The Morgan fingerprint density at radius 3 is 2.11 bits per heavy atom. The monoisotopic (exact) mass is 354 g/mol. The molecule has 0 N–H and O–H groups in total. The Balaban J connectivity index is 1.82. The van der Waals surface area contributed by atoms with Crippen LogP contribution < -0.4 is 4.74 Å². The van der Waals surface area contributed by atoms with Gasteiger partial charge < -0.3 is 4.74 Å². The van der Waals surface area contributed by atoms with Crippen LogP contribution >= 0.6 is 0 Å². The molecule has 0 saturated carbocycles. The standard InChI is InChI=1S/C22H18N4O/c1-27-21-15-9-8-14-19(21)24-25-20-16-23-26(18-12-6-3-7-13-18)22(20)17-10-4-2-5-11-17/h2-16H,1H3. The van der Waals surface area contributed by atoms with Gasteiger partial charge in [-0.2, -0.15) is 5.10 Å². The quantitative estimate of drug-likeness (QED) is 0.415. The molecule has 1 heterocycles. The van der Waals surface area contributed by atoms with E-state index in [9.17, 15) is 0 Å². The van der Waals surface area contributed by atoms with Gasteiger partial charge in [0.2, 0.25) is 0 Å². The van der Waals surface area contributed by atoms with Gasteiger partial charge in [0.15, 0.2) is 0 Å². The predicted octanol–water partition coefficient (Wildman–Crippen LogP) is 5.96. The molecule has 132 valence electrons. The van der Waals surface area contributed by atoms with Crippen LogP contribution in [0.25, 0.3) is 16.9 Å². The molecule has 4 rings (SSSR count). The number of ether oxygens (including phenoxy) is 1. The highest BCUT2D eigenvalue weighted by atomic mass is 16.5. The summed E-state index contributed by atoms with van der Waals surface area (Å²) in [4.78, 5) is 0. The number of methoxy groups -OCH3 is 1. The molecular weight excluding hydrogens is 336 g/mol. The van der Waals surface area contributed by atoms with E-state index in [-0.39, 0.29) is 0 Å². The maximum atomic E-state index is 5.35. The van der Waals surface area contributed by atoms with E-state index in [1.807, 2.05) is 89.6 Å². The van der Waals surface area contributed by atoms with Crippen molar-refractivity contribution >= 4 is 11.4 Å². The summed E-state index contributed by atoms with van der Waals surface area (Å²) in [5.74, 6) is 0.679. The Morgan fingerprint density at radius 2 is 1.37 bits per heavy atom. The minimum Gasteiger partial charge on any atom is -0.494 e. The lowest BCUT2D eigenvalue weighted by molar-refractivity contribution is 0.416. The molecule has 5 heteroatoms. The van der Waals surface area contributed by atoms with Gasteiger partial charge in [0, 0.05) is 5.56 Å². The maximum Gasteiger partial charge on any atom is 0.146 e. The number of hydrogen-bond donors (Lipinski definition) is 0. The molecule has 0 radical (unpaired) electrons. The van der Waals surface area contributed by atoms with Gasteiger partial charge in [-0.25, -0.2) is 4.68 Å². The molecule has 0 saturated heterocycles. The molecule has 0 fully saturated rings. The summed E-state index contributed by atoms with van der Waals surface area (Å²) in [7, 11) is 1.62. The van der Waals surface area contributed by atoms with Gasteiger partial charge in [-0.15, -0.1) is 10.2 Å². The van der Waals surface area contributed by atoms with Crippen molar-refractivity contribution in [1.82, 2.24) is 9.78 Å². The van der Waals surface area contributed by atoms with Crippen LogP contribution in [0.5, 0.6) is 5.75 Å². The topological polar surface area (TPSA) is 51.8 Å². The Bertz CT molecular complexity index is 1060. The fourth-order valence-corrected chi connectivity index (χ4v) is 2.86. The van der Waals surface area contributed by atoms with Gasteiger partial charge >= 0.3 is 0 Å². The van der Waals surface area contributed by atoms with Crippen molar-refractivity contribution in [2.45, 2.75) is 0 Å². The first-order chi connectivity index (χ1) is 13.4. The van der Waals surface area contributed by atoms with Crippen LogP contribution in [0.2, 0.25) is 0 Å². The second kappa shape index (κ2) is 7.66. The van der Waals surface area contributed by atoms with Crippen LogP contribution in [0.15, 0.2) is 101 Å². The maximum absolute atomic E-state index is 5.35. The Kier molecular flexibility index (Phi) is 4.74. The summed E-state index contributed by atoms with van der Waals surface area (Å²) in [6.07, 6.45) is 1.73. The smallest absolute Gasteiger partial charge is 0.146 e. The van der Waals surface area contributed by atoms with Crippen LogP contribution in [0.1, 0.15) is 0 Å². The Labute approximate surface area is 157 Å². The summed E-state index contributed by atoms with van der Waals surface area (Å²) < 4.78 is 7.23. The number of benzene rings is 3. The molecule has 4 aromatic rings. The average Bonchev–Trinajstić information content (AvgIpc) is 3.17. The first-order valence-corrected chi connectivity index (χ1v) is 8.60. The van der Waals surface area contributed by atoms with Gasteiger partial charge in [-0.05, 0) is 24.3 Å². The highest BCUT2D eigenvalue weighted by Crippen LogP contribution is 2.34. The van der Waals surface area contributed by atoms with Crippen molar-refractivity contribution in [3.8, 4) is 22.7 Å². The van der Waals surface area contributed by atoms with Gasteiger partial charge in [-0.1, -0.05) is 60.7 Å². The predicted molar refractivity (Wildman–Crippen MR) is 106 cm³/mol. The molecule has 0 bridgehead atoms. The normalized spacial score (nSPS) is 11.0. The van der Waals surface area contributed by atoms with Crippen LogP contribution in [-0.2, 0) is 0 Å². The number of aromatic nitrogens is 2. The number of azo groups is 1. The summed E-state index contributed by atoms with van der Waals surface area (Å²) in [5, 5.41) is 13.4. The van der Waals surface area contributed by atoms with E-state index in [2.05, 4.69) is 15.3 Å². The van der Waals surface area contributed by atoms with Crippen molar-refractivity contribution < 1.29 is 4.74 Å². The van der Waals surface area contributed by atoms with E-state index in [1.54, 1.807) is 13.3 Å². The van der Waals surface area contributed by atoms with E-state index in [0.29, 0.717) is 17.1 Å². The van der Waals surface area contributed by atoms with Crippen LogP contribution in [-0.4, -0.2) is 16.9 Å². The van der Waals surface area contributed by atoms with E-state index in [1.165, 1.54) is 0 Å². The molecule has 5 nitrogen and oxygen atoms in total. The molecule has 0 amide bonds. The molecule has 27 heavy (non-hydrogen) atoms. The number of rotatable bonds is 5. The lowest BCUT2D eigenvalue weighted by Crippen LogP contribution is -1.98. The average molecular weight is 354 g/mol. The first-order valence-electron chi connectivity index (χ1n) is 8.60. The summed E-state index contributed by atoms with van der Waals surface area (Å²) in [6, 6.07) is 27.6. The summed E-state index contributed by atoms with van der Waals surface area (Å²) in [6.45, 7) is 0. The zero-order valence-corrected chi connectivity index (χ0v) is 14.9. The number of nitrogens with zero attached hydrogens (tertiary/aromatic N) is 4. The van der Waals surface area contributed by atoms with Gasteiger partial charge in [0.25, 0.3) is 0 Å². The van der Waals surface area contributed by atoms with Crippen LogP contribution in [0.3, 0.4) is 0 Å². The zero-order chi connectivity index (χ0) is 18.5. The van der Waals surface area contributed by atoms with Crippen molar-refractivity contribution in [2.75, 3.05) is 7.11 Å². The second-order valence-corrected chi connectivity index (χ2v) is 5.86. The number of para-hydroxylation sites is 2. The summed E-state index contributed by atoms with van der Waals surface area (Å²) in [5.41, 5.74) is 4.24. The fourth-order valence-electron chi connectivity index (χ4n) is 2.86. The third kappa shape index (κ3) is 3.48. The minimum absolute atomic E-state index is 0.673. The Morgan fingerprint density at radius 1 is 0.741 bits per heavy atom. The largest absolute Gasteiger partial charge is 0.494 e. The first kappa shape index (κ1) is 16.7. The molecular formula is C22H18N4O. The van der Waals surface area contributed by atoms with E-state index >= 15 is 0 Å². The second-order valence-electron chi connectivity index (χ2n) is 5.86. The molecule has 0 aliphatic rings. The molecule has 0 atom stereocenters. The molecule has 3 aromatic carbocycles.